The van der Waals surface area contributed by atoms with Crippen molar-refractivity contribution in [1.29, 1.82) is 0 Å². The first-order chi connectivity index (χ1) is 20.6. The highest BCUT2D eigenvalue weighted by Gasteiger charge is 2.59. The van der Waals surface area contributed by atoms with Crippen LogP contribution in [0.2, 0.25) is 0 Å². The molecule has 2 aliphatic carbocycles. The largest absolute Gasteiger partial charge is 0.394 e. The van der Waals surface area contributed by atoms with E-state index in [1.165, 1.54) is 4.90 Å². The molecule has 8 N–H and O–H groups in total. The summed E-state index contributed by atoms with van der Waals surface area (Å²) < 4.78 is 21.8. The zero-order valence-corrected chi connectivity index (χ0v) is 23.3. The molecular formula is C27H40N2O14. The van der Waals surface area contributed by atoms with Crippen LogP contribution in [0.25, 0.3) is 0 Å². The maximum atomic E-state index is 12.7. The number of amides is 3. The molecule has 3 saturated heterocycles. The van der Waals surface area contributed by atoms with Gasteiger partial charge in [0.1, 0.15) is 48.8 Å². The molecule has 0 radical (unpaired) electrons. The Hall–Kier alpha value is -2.09. The smallest absolute Gasteiger partial charge is 0.233 e. The molecule has 16 heteroatoms. The molecule has 3 amide bonds. The number of nitrogens with one attached hydrogen (secondary N) is 1. The summed E-state index contributed by atoms with van der Waals surface area (Å²) >= 11 is 0. The van der Waals surface area contributed by atoms with E-state index in [0.29, 0.717) is 0 Å². The van der Waals surface area contributed by atoms with Crippen molar-refractivity contribution in [1.82, 2.24) is 10.2 Å². The van der Waals surface area contributed by atoms with Crippen LogP contribution in [-0.4, -0.2) is 153 Å². The number of hydrogen-bond donors (Lipinski definition) is 8. The van der Waals surface area contributed by atoms with Crippen LogP contribution in [0.3, 0.4) is 0 Å². The Labute approximate surface area is 246 Å². The average molecular weight is 617 g/mol. The molecular weight excluding hydrogens is 576 g/mol. The van der Waals surface area contributed by atoms with Crippen molar-refractivity contribution < 1.29 is 69.1 Å². The van der Waals surface area contributed by atoms with E-state index in [4.69, 9.17) is 18.9 Å². The van der Waals surface area contributed by atoms with Crippen molar-refractivity contribution in [3.8, 4) is 0 Å². The number of carbonyl (C=O) groups is 3. The second-order valence-corrected chi connectivity index (χ2v) is 11.7. The van der Waals surface area contributed by atoms with Crippen LogP contribution < -0.4 is 5.32 Å². The Morgan fingerprint density at radius 3 is 2.09 bits per heavy atom. The average Bonchev–Trinajstić information content (AvgIpc) is 3.68. The van der Waals surface area contributed by atoms with Crippen LogP contribution >= 0.6 is 0 Å². The van der Waals surface area contributed by atoms with Crippen molar-refractivity contribution >= 4 is 17.7 Å². The summed E-state index contributed by atoms with van der Waals surface area (Å²) in [6, 6.07) is 0. The van der Waals surface area contributed by atoms with Gasteiger partial charge in [0, 0.05) is 19.5 Å². The van der Waals surface area contributed by atoms with Gasteiger partial charge in [-0.1, -0.05) is 12.2 Å². The van der Waals surface area contributed by atoms with Crippen molar-refractivity contribution in [2.75, 3.05) is 32.9 Å². The molecule has 3 heterocycles. The first-order valence-electron chi connectivity index (χ1n) is 14.6. The molecule has 43 heavy (non-hydrogen) atoms. The van der Waals surface area contributed by atoms with E-state index < -0.39 is 74.6 Å². The van der Waals surface area contributed by atoms with E-state index in [-0.39, 0.29) is 73.9 Å². The Bertz CT molecular complexity index is 1030. The molecule has 0 aromatic rings. The topological polar surface area (TPSA) is 245 Å². The number of nitrogens with zero attached hydrogens (tertiary/aromatic N) is 1. The number of allylic oxidation sites excluding steroid dienone is 2. The van der Waals surface area contributed by atoms with Crippen molar-refractivity contribution in [3.63, 3.8) is 0 Å². The maximum Gasteiger partial charge on any atom is 0.233 e. The zero-order valence-electron chi connectivity index (χ0n) is 23.3. The number of likely N-dealkylation sites (tertiary alicyclic amines) is 1. The standard InChI is InChI=1S/C27H40N2O14/c30-9-13-18(33)19(34)21(36)27(41-13)43-23-14(10-31)42-26(22(37)20(23)35)40-7-1-5-28-15(32)4-6-29-24(38)16-11-2-3-12(8-11)17(16)25(29)39/h2-3,11-14,16-23,26-27,30-31,33-37H,1,4-10H2,(H,28,32)/t11?,12?,13-,14-,16-,17+,18+,19+,20-,21-,22-,23-,26-,27+/m1/s1. The SMILES string of the molecule is O=C(CCN1C(=O)[C@@H]2C3C=CC(C3)[C@@H]2C1=O)NCCCO[C@@H]1O[C@H](CO)[C@@H](O[C@@H]2O[C@H](CO)[C@H](O)[C@H](O)[C@H]2O)[C@H](O)[C@H]1O. The first kappa shape index (κ1) is 32.3. The van der Waals surface area contributed by atoms with Gasteiger partial charge in [-0.2, -0.15) is 0 Å². The fraction of sp³-hybridized carbons (Fsp3) is 0.815. The highest BCUT2D eigenvalue weighted by molar-refractivity contribution is 6.06. The second kappa shape index (κ2) is 13.5. The summed E-state index contributed by atoms with van der Waals surface area (Å²) in [4.78, 5) is 39.0. The van der Waals surface area contributed by atoms with Gasteiger partial charge in [0.2, 0.25) is 17.7 Å². The Morgan fingerprint density at radius 2 is 1.47 bits per heavy atom. The van der Waals surface area contributed by atoms with E-state index in [1.807, 2.05) is 12.2 Å². The van der Waals surface area contributed by atoms with Gasteiger partial charge in [-0.25, -0.2) is 0 Å². The van der Waals surface area contributed by atoms with Gasteiger partial charge in [0.15, 0.2) is 12.6 Å². The van der Waals surface area contributed by atoms with Gasteiger partial charge in [-0.15, -0.1) is 0 Å². The molecule has 0 aromatic heterocycles. The van der Waals surface area contributed by atoms with Crippen LogP contribution in [0.1, 0.15) is 19.3 Å². The quantitative estimate of drug-likeness (QED) is 0.0584. The number of carbonyl (C=O) groups excluding carboxylic acids is 3. The molecule has 2 unspecified atom stereocenters. The van der Waals surface area contributed by atoms with E-state index in [2.05, 4.69) is 5.32 Å². The lowest BCUT2D eigenvalue weighted by atomic mass is 9.85. The molecule has 0 aromatic carbocycles. The maximum absolute atomic E-state index is 12.7. The Balaban J connectivity index is 1.02. The van der Waals surface area contributed by atoms with Gasteiger partial charge in [-0.3, -0.25) is 19.3 Å². The van der Waals surface area contributed by atoms with Crippen LogP contribution in [0, 0.1) is 23.7 Å². The number of imide groups is 1. The summed E-state index contributed by atoms with van der Waals surface area (Å²) in [5.41, 5.74) is 0. The molecule has 1 saturated carbocycles. The molecule has 2 bridgehead atoms. The van der Waals surface area contributed by atoms with E-state index in [1.54, 1.807) is 0 Å². The molecule has 5 aliphatic rings. The number of aliphatic hydroxyl groups excluding tert-OH is 7. The fourth-order valence-corrected chi connectivity index (χ4v) is 6.68. The van der Waals surface area contributed by atoms with E-state index in [0.717, 1.165) is 6.42 Å². The predicted octanol–water partition coefficient (Wildman–Crippen LogP) is -4.67. The minimum atomic E-state index is -1.77. The normalized spacial score (nSPS) is 43.8. The minimum absolute atomic E-state index is 0.0152. The third-order valence-corrected chi connectivity index (χ3v) is 9.01. The van der Waals surface area contributed by atoms with Gasteiger partial charge in [0.25, 0.3) is 0 Å². The monoisotopic (exact) mass is 616 g/mol. The number of rotatable bonds is 12. The predicted molar refractivity (Wildman–Crippen MR) is 139 cm³/mol. The summed E-state index contributed by atoms with van der Waals surface area (Å²) in [5.74, 6) is -1.17. The first-order valence-corrected chi connectivity index (χ1v) is 14.6. The number of fused-ring (bicyclic) bond motifs is 5. The summed E-state index contributed by atoms with van der Waals surface area (Å²) in [7, 11) is 0. The molecule has 0 spiro atoms. The Kier molecular flexibility index (Phi) is 10.1. The highest BCUT2D eigenvalue weighted by atomic mass is 16.7. The molecule has 14 atom stereocenters. The molecule has 242 valence electrons. The lowest BCUT2D eigenvalue weighted by Crippen LogP contribution is -2.64. The van der Waals surface area contributed by atoms with E-state index >= 15 is 0 Å². The van der Waals surface area contributed by atoms with Crippen LogP contribution in [0.5, 0.6) is 0 Å². The van der Waals surface area contributed by atoms with E-state index in [9.17, 15) is 50.1 Å². The van der Waals surface area contributed by atoms with Crippen LogP contribution in [0.4, 0.5) is 0 Å². The van der Waals surface area contributed by atoms with Gasteiger partial charge in [0.05, 0.1) is 31.7 Å². The summed E-state index contributed by atoms with van der Waals surface area (Å²) in [6.07, 6.45) is -10.4. The van der Waals surface area contributed by atoms with Crippen LogP contribution in [-0.2, 0) is 33.3 Å². The second-order valence-electron chi connectivity index (χ2n) is 11.7. The zero-order chi connectivity index (χ0) is 31.0. The number of aliphatic hydroxyl groups is 7. The number of ether oxygens (including phenoxy) is 4. The minimum Gasteiger partial charge on any atom is -0.394 e. The van der Waals surface area contributed by atoms with Gasteiger partial charge in [-0.05, 0) is 24.7 Å². The third kappa shape index (κ3) is 6.24. The summed E-state index contributed by atoms with van der Waals surface area (Å²) in [5, 5.41) is 73.1. The van der Waals surface area contributed by atoms with Gasteiger partial charge < -0.3 is 60.0 Å². The molecule has 3 aliphatic heterocycles. The molecule has 16 nitrogen and oxygen atoms in total. The van der Waals surface area contributed by atoms with Crippen molar-refractivity contribution in [3.05, 3.63) is 12.2 Å². The van der Waals surface area contributed by atoms with Gasteiger partial charge >= 0.3 is 0 Å². The van der Waals surface area contributed by atoms with Crippen LogP contribution in [0.15, 0.2) is 12.2 Å². The summed E-state index contributed by atoms with van der Waals surface area (Å²) in [6.45, 7) is -1.22. The third-order valence-electron chi connectivity index (χ3n) is 9.01. The Morgan fingerprint density at radius 1 is 0.860 bits per heavy atom. The van der Waals surface area contributed by atoms with Crippen molar-refractivity contribution in [2.45, 2.75) is 80.7 Å². The highest BCUT2D eigenvalue weighted by Crippen LogP contribution is 2.52. The lowest BCUT2D eigenvalue weighted by molar-refractivity contribution is -0.359. The fourth-order valence-electron chi connectivity index (χ4n) is 6.68. The van der Waals surface area contributed by atoms with Crippen molar-refractivity contribution in [2.24, 2.45) is 23.7 Å². The molecule has 5 rings (SSSR count). The number of hydrogen-bond acceptors (Lipinski definition) is 14. The lowest BCUT2D eigenvalue weighted by Gasteiger charge is -2.45. The molecule has 4 fully saturated rings.